The highest BCUT2D eigenvalue weighted by molar-refractivity contribution is 5.88. The molecule has 2 N–H and O–H groups in total. The van der Waals surface area contributed by atoms with Crippen molar-refractivity contribution in [2.24, 2.45) is 0 Å². The van der Waals surface area contributed by atoms with Gasteiger partial charge in [-0.2, -0.15) is 0 Å². The van der Waals surface area contributed by atoms with E-state index in [1.54, 1.807) is 0 Å². The average Bonchev–Trinajstić information content (AvgIpc) is 2.28. The second-order valence-electron chi connectivity index (χ2n) is 3.15. The van der Waals surface area contributed by atoms with Crippen molar-refractivity contribution in [2.75, 3.05) is 0 Å². The summed E-state index contributed by atoms with van der Waals surface area (Å²) in [4.78, 5) is 21.3. The number of carbonyl (C=O) groups is 2. The molecule has 0 aliphatic rings. The summed E-state index contributed by atoms with van der Waals surface area (Å²) in [6.45, 7) is 2.95. The van der Waals surface area contributed by atoms with Crippen LogP contribution in [-0.4, -0.2) is 17.0 Å². The standard InChI is InChI=1S/C11H9F2NO3/c1-2-10(15)14-5-6-3-9(13)7(11(16)17)4-8(6)12/h2-4H,1,5H2,(H,14,15)(H,16,17). The van der Waals surface area contributed by atoms with Gasteiger partial charge in [0.1, 0.15) is 11.6 Å². The molecular formula is C11H9F2NO3. The smallest absolute Gasteiger partial charge is 0.338 e. The first-order chi connectivity index (χ1) is 7.95. The van der Waals surface area contributed by atoms with Crippen LogP contribution < -0.4 is 5.32 Å². The summed E-state index contributed by atoms with van der Waals surface area (Å²) in [6, 6.07) is 1.31. The molecule has 0 saturated heterocycles. The van der Waals surface area contributed by atoms with Crippen LogP contribution in [0.2, 0.25) is 0 Å². The van der Waals surface area contributed by atoms with Crippen molar-refractivity contribution in [1.82, 2.24) is 5.32 Å². The fourth-order valence-corrected chi connectivity index (χ4v) is 1.14. The number of benzene rings is 1. The number of carboxylic acids is 1. The summed E-state index contributed by atoms with van der Waals surface area (Å²) in [5.74, 6) is -4.04. The predicted octanol–water partition coefficient (Wildman–Crippen LogP) is 1.47. The van der Waals surface area contributed by atoms with Gasteiger partial charge in [-0.15, -0.1) is 0 Å². The van der Waals surface area contributed by atoms with Gasteiger partial charge in [-0.25, -0.2) is 13.6 Å². The molecule has 1 rings (SSSR count). The van der Waals surface area contributed by atoms with Crippen molar-refractivity contribution >= 4 is 11.9 Å². The summed E-state index contributed by atoms with van der Waals surface area (Å²) >= 11 is 0. The molecule has 17 heavy (non-hydrogen) atoms. The number of halogens is 2. The van der Waals surface area contributed by atoms with Crippen LogP contribution in [0.5, 0.6) is 0 Å². The molecule has 1 amide bonds. The van der Waals surface area contributed by atoms with Gasteiger partial charge in [0.15, 0.2) is 0 Å². The maximum Gasteiger partial charge on any atom is 0.338 e. The summed E-state index contributed by atoms with van der Waals surface area (Å²) in [7, 11) is 0. The lowest BCUT2D eigenvalue weighted by atomic mass is 10.1. The molecule has 0 atom stereocenters. The van der Waals surface area contributed by atoms with Crippen LogP contribution in [0.1, 0.15) is 15.9 Å². The second kappa shape index (κ2) is 5.20. The number of amides is 1. The Hall–Kier alpha value is -2.24. The Bertz CT molecular complexity index is 486. The van der Waals surface area contributed by atoms with Crippen molar-refractivity contribution in [1.29, 1.82) is 0 Å². The van der Waals surface area contributed by atoms with E-state index in [1.165, 1.54) is 0 Å². The molecule has 1 aromatic rings. The first-order valence-corrected chi connectivity index (χ1v) is 4.57. The zero-order valence-electron chi connectivity index (χ0n) is 8.67. The van der Waals surface area contributed by atoms with Crippen LogP contribution in [0.4, 0.5) is 8.78 Å². The minimum atomic E-state index is -1.55. The zero-order chi connectivity index (χ0) is 13.0. The van der Waals surface area contributed by atoms with Crippen LogP contribution in [0.15, 0.2) is 24.8 Å². The molecule has 0 aliphatic carbocycles. The van der Waals surface area contributed by atoms with Gasteiger partial charge >= 0.3 is 5.97 Å². The number of nitrogens with one attached hydrogen (secondary N) is 1. The number of hydrogen-bond donors (Lipinski definition) is 2. The Morgan fingerprint density at radius 2 is 2.00 bits per heavy atom. The van der Waals surface area contributed by atoms with E-state index >= 15 is 0 Å². The van der Waals surface area contributed by atoms with Crippen molar-refractivity contribution in [3.8, 4) is 0 Å². The number of rotatable bonds is 4. The molecule has 6 heteroatoms. The van der Waals surface area contributed by atoms with Gasteiger partial charge in [0, 0.05) is 12.1 Å². The third-order valence-corrected chi connectivity index (χ3v) is 2.00. The second-order valence-corrected chi connectivity index (χ2v) is 3.15. The van der Waals surface area contributed by atoms with E-state index in [9.17, 15) is 18.4 Å². The minimum absolute atomic E-state index is 0.136. The van der Waals surface area contributed by atoms with E-state index in [4.69, 9.17) is 5.11 Å². The summed E-state index contributed by atoms with van der Waals surface area (Å²) < 4.78 is 26.5. The maximum absolute atomic E-state index is 13.3. The van der Waals surface area contributed by atoms with Gasteiger partial charge in [-0.05, 0) is 18.2 Å². The van der Waals surface area contributed by atoms with Crippen LogP contribution in [0, 0.1) is 11.6 Å². The summed E-state index contributed by atoms with van der Waals surface area (Å²) in [5, 5.41) is 10.8. The number of carbonyl (C=O) groups excluding carboxylic acids is 1. The lowest BCUT2D eigenvalue weighted by molar-refractivity contribution is -0.116. The first kappa shape index (κ1) is 12.8. The SMILES string of the molecule is C=CC(=O)NCc1cc(F)c(C(=O)O)cc1F. The van der Waals surface area contributed by atoms with Gasteiger partial charge in [-0.3, -0.25) is 4.79 Å². The largest absolute Gasteiger partial charge is 0.478 e. The maximum atomic E-state index is 13.3. The number of hydrogen-bond acceptors (Lipinski definition) is 2. The van der Waals surface area contributed by atoms with Gasteiger partial charge in [0.2, 0.25) is 5.91 Å². The van der Waals surface area contributed by atoms with Crippen molar-refractivity contribution in [3.05, 3.63) is 47.5 Å². The number of aromatic carboxylic acids is 1. The molecule has 0 spiro atoms. The molecule has 0 bridgehead atoms. The normalized spacial score (nSPS) is 9.76. The Morgan fingerprint density at radius 3 is 2.53 bits per heavy atom. The molecule has 0 aromatic heterocycles. The summed E-state index contributed by atoms with van der Waals surface area (Å²) in [5.41, 5.74) is -0.885. The van der Waals surface area contributed by atoms with Crippen LogP contribution >= 0.6 is 0 Å². The molecule has 0 aliphatic heterocycles. The molecular weight excluding hydrogens is 232 g/mol. The molecule has 0 fully saturated rings. The lowest BCUT2D eigenvalue weighted by Crippen LogP contribution is -2.21. The summed E-state index contributed by atoms with van der Waals surface area (Å²) in [6.07, 6.45) is 0.986. The van der Waals surface area contributed by atoms with Crippen molar-refractivity contribution < 1.29 is 23.5 Å². The van der Waals surface area contributed by atoms with Crippen LogP contribution in [0.3, 0.4) is 0 Å². The highest BCUT2D eigenvalue weighted by Gasteiger charge is 2.15. The van der Waals surface area contributed by atoms with Gasteiger partial charge in [0.25, 0.3) is 0 Å². The van der Waals surface area contributed by atoms with Crippen molar-refractivity contribution in [3.63, 3.8) is 0 Å². The molecule has 90 valence electrons. The molecule has 4 nitrogen and oxygen atoms in total. The molecule has 1 aromatic carbocycles. The fraction of sp³-hybridized carbons (Fsp3) is 0.0909. The number of carboxylic acid groups (broad SMARTS) is 1. The third-order valence-electron chi connectivity index (χ3n) is 2.00. The average molecular weight is 241 g/mol. The van der Waals surface area contributed by atoms with E-state index in [-0.39, 0.29) is 12.1 Å². The zero-order valence-corrected chi connectivity index (χ0v) is 8.67. The monoisotopic (exact) mass is 241 g/mol. The third kappa shape index (κ3) is 3.10. The molecule has 0 heterocycles. The van der Waals surface area contributed by atoms with E-state index in [0.29, 0.717) is 6.07 Å². The van der Waals surface area contributed by atoms with E-state index in [1.807, 2.05) is 0 Å². The Labute approximate surface area is 95.6 Å². The molecule has 0 unspecified atom stereocenters. The Morgan fingerprint density at radius 1 is 1.35 bits per heavy atom. The fourth-order valence-electron chi connectivity index (χ4n) is 1.14. The quantitative estimate of drug-likeness (QED) is 0.784. The lowest BCUT2D eigenvalue weighted by Gasteiger charge is -2.06. The highest BCUT2D eigenvalue weighted by Crippen LogP contribution is 2.15. The molecule has 0 saturated carbocycles. The minimum Gasteiger partial charge on any atom is -0.478 e. The van der Waals surface area contributed by atoms with E-state index in [0.717, 1.165) is 12.1 Å². The van der Waals surface area contributed by atoms with Crippen LogP contribution in [0.25, 0.3) is 0 Å². The van der Waals surface area contributed by atoms with Crippen LogP contribution in [-0.2, 0) is 11.3 Å². The predicted molar refractivity (Wildman–Crippen MR) is 55.4 cm³/mol. The topological polar surface area (TPSA) is 66.4 Å². The first-order valence-electron chi connectivity index (χ1n) is 4.57. The van der Waals surface area contributed by atoms with Gasteiger partial charge in [-0.1, -0.05) is 6.58 Å². The Balaban J connectivity index is 2.95. The van der Waals surface area contributed by atoms with Gasteiger partial charge < -0.3 is 10.4 Å². The van der Waals surface area contributed by atoms with E-state index in [2.05, 4.69) is 11.9 Å². The highest BCUT2D eigenvalue weighted by atomic mass is 19.1. The molecule has 0 radical (unpaired) electrons. The van der Waals surface area contributed by atoms with Crippen molar-refractivity contribution in [2.45, 2.75) is 6.54 Å². The Kier molecular flexibility index (Phi) is 3.92. The van der Waals surface area contributed by atoms with Gasteiger partial charge in [0.05, 0.1) is 5.56 Å². The van der Waals surface area contributed by atoms with E-state index < -0.39 is 29.1 Å².